The molecule has 0 radical (unpaired) electrons. The largest absolute Gasteiger partial charge is 0.497 e. The molecule has 3 aromatic carbocycles. The van der Waals surface area contributed by atoms with Gasteiger partial charge in [-0.25, -0.2) is 0 Å². The Balaban J connectivity index is 1.62. The van der Waals surface area contributed by atoms with Crippen LogP contribution in [-0.2, 0) is 0 Å². The fourth-order valence-corrected chi connectivity index (χ4v) is 4.68. The van der Waals surface area contributed by atoms with Crippen LogP contribution in [0, 0.1) is 0 Å². The van der Waals surface area contributed by atoms with E-state index in [1.807, 2.05) is 84.3 Å². The Labute approximate surface area is 185 Å². The second kappa shape index (κ2) is 8.25. The van der Waals surface area contributed by atoms with Crippen molar-refractivity contribution in [2.45, 2.75) is 5.92 Å². The highest BCUT2D eigenvalue weighted by atomic mass is 32.1. The molecule has 1 heterocycles. The SMILES string of the molecule is COc1ccc(Oc2cccc3c2C(=O)C(=Cc2cccs2)C3c2ccccc2)cc1. The summed E-state index contributed by atoms with van der Waals surface area (Å²) in [4.78, 5) is 14.7. The highest BCUT2D eigenvalue weighted by molar-refractivity contribution is 7.10. The van der Waals surface area contributed by atoms with E-state index in [4.69, 9.17) is 9.47 Å². The lowest BCUT2D eigenvalue weighted by Crippen LogP contribution is -2.02. The molecule has 31 heavy (non-hydrogen) atoms. The van der Waals surface area contributed by atoms with Gasteiger partial charge in [0.1, 0.15) is 17.2 Å². The number of carbonyl (C=O) groups excluding carboxylic acids is 1. The molecule has 4 heteroatoms. The van der Waals surface area contributed by atoms with E-state index in [2.05, 4.69) is 12.1 Å². The minimum Gasteiger partial charge on any atom is -0.497 e. The van der Waals surface area contributed by atoms with Gasteiger partial charge < -0.3 is 9.47 Å². The lowest BCUT2D eigenvalue weighted by molar-refractivity contribution is 0.103. The molecule has 0 aliphatic heterocycles. The number of benzene rings is 3. The highest BCUT2D eigenvalue weighted by Crippen LogP contribution is 2.47. The predicted molar refractivity (Wildman–Crippen MR) is 124 cm³/mol. The lowest BCUT2D eigenvalue weighted by atomic mass is 9.89. The van der Waals surface area contributed by atoms with Crippen molar-refractivity contribution in [2.24, 2.45) is 0 Å². The Morgan fingerprint density at radius 1 is 0.839 bits per heavy atom. The number of allylic oxidation sites excluding steroid dienone is 1. The summed E-state index contributed by atoms with van der Waals surface area (Å²) in [6.07, 6.45) is 2.02. The molecule has 5 rings (SSSR count). The molecule has 1 aromatic heterocycles. The van der Waals surface area contributed by atoms with Crippen molar-refractivity contribution in [3.63, 3.8) is 0 Å². The van der Waals surface area contributed by atoms with Crippen LogP contribution >= 0.6 is 11.3 Å². The number of Topliss-reactive ketones (excluding diaryl/α,β-unsaturated/α-hetero) is 1. The standard InChI is InChI=1S/C27H20O3S/c1-29-19-12-14-20(15-13-19)30-24-11-5-10-22-25(18-7-3-2-4-8-18)23(27(28)26(22)24)17-21-9-6-16-31-21/h2-17,25H,1H3. The summed E-state index contributed by atoms with van der Waals surface area (Å²) < 4.78 is 11.4. The molecule has 1 unspecified atom stereocenters. The molecule has 0 fully saturated rings. The molecule has 0 saturated carbocycles. The summed E-state index contributed by atoms with van der Waals surface area (Å²) in [6.45, 7) is 0. The Morgan fingerprint density at radius 3 is 2.32 bits per heavy atom. The second-order valence-electron chi connectivity index (χ2n) is 7.29. The van der Waals surface area contributed by atoms with Crippen LogP contribution in [0.3, 0.4) is 0 Å². The molecule has 0 N–H and O–H groups in total. The number of ether oxygens (including phenoxy) is 2. The lowest BCUT2D eigenvalue weighted by Gasteiger charge is -2.14. The van der Waals surface area contributed by atoms with Gasteiger partial charge in [0.05, 0.1) is 12.7 Å². The Kier molecular flexibility index (Phi) is 5.14. The van der Waals surface area contributed by atoms with Crippen LogP contribution in [0.4, 0.5) is 0 Å². The van der Waals surface area contributed by atoms with Crippen molar-refractivity contribution in [1.82, 2.24) is 0 Å². The molecule has 1 atom stereocenters. The monoisotopic (exact) mass is 424 g/mol. The van der Waals surface area contributed by atoms with E-state index in [9.17, 15) is 4.79 Å². The Hall–Kier alpha value is -3.63. The summed E-state index contributed by atoms with van der Waals surface area (Å²) in [5, 5.41) is 2.02. The first-order chi connectivity index (χ1) is 15.2. The first kappa shape index (κ1) is 19.3. The van der Waals surface area contributed by atoms with Crippen molar-refractivity contribution >= 4 is 23.2 Å². The van der Waals surface area contributed by atoms with E-state index in [1.54, 1.807) is 18.4 Å². The van der Waals surface area contributed by atoms with Gasteiger partial charge in [0.2, 0.25) is 0 Å². The fraction of sp³-hybridized carbons (Fsp3) is 0.0741. The molecule has 0 bridgehead atoms. The Morgan fingerprint density at radius 2 is 1.61 bits per heavy atom. The van der Waals surface area contributed by atoms with E-state index in [0.29, 0.717) is 17.1 Å². The zero-order valence-electron chi connectivity index (χ0n) is 16.9. The number of ketones is 1. The van der Waals surface area contributed by atoms with Crippen LogP contribution in [-0.4, -0.2) is 12.9 Å². The minimum absolute atomic E-state index is 0.0152. The summed E-state index contributed by atoms with van der Waals surface area (Å²) in [5.41, 5.74) is 3.48. The second-order valence-corrected chi connectivity index (χ2v) is 8.27. The maximum atomic E-state index is 13.7. The van der Waals surface area contributed by atoms with Crippen LogP contribution in [0.2, 0.25) is 0 Å². The zero-order chi connectivity index (χ0) is 21.2. The number of carbonyl (C=O) groups is 1. The molecule has 4 aromatic rings. The van der Waals surface area contributed by atoms with Crippen molar-refractivity contribution in [2.75, 3.05) is 7.11 Å². The van der Waals surface area contributed by atoms with Crippen molar-refractivity contribution in [1.29, 1.82) is 0 Å². The van der Waals surface area contributed by atoms with Gasteiger partial charge in [-0.3, -0.25) is 4.79 Å². The van der Waals surface area contributed by atoms with Gasteiger partial charge in [-0.05, 0) is 59.0 Å². The summed E-state index contributed by atoms with van der Waals surface area (Å²) >= 11 is 1.63. The van der Waals surface area contributed by atoms with Gasteiger partial charge in [0, 0.05) is 16.4 Å². The number of hydrogen-bond acceptors (Lipinski definition) is 4. The van der Waals surface area contributed by atoms with Gasteiger partial charge in [0.25, 0.3) is 0 Å². The molecule has 0 spiro atoms. The normalized spacial score (nSPS) is 16.4. The number of hydrogen-bond donors (Lipinski definition) is 0. The van der Waals surface area contributed by atoms with Gasteiger partial charge in [-0.2, -0.15) is 0 Å². The maximum absolute atomic E-state index is 13.7. The average molecular weight is 425 g/mol. The van der Waals surface area contributed by atoms with Crippen molar-refractivity contribution in [3.8, 4) is 17.2 Å². The van der Waals surface area contributed by atoms with E-state index in [0.717, 1.165) is 27.3 Å². The number of thiophene rings is 1. The average Bonchev–Trinajstić information content (AvgIpc) is 3.42. The van der Waals surface area contributed by atoms with E-state index >= 15 is 0 Å². The van der Waals surface area contributed by atoms with Gasteiger partial charge in [-0.15, -0.1) is 11.3 Å². The summed E-state index contributed by atoms with van der Waals surface area (Å²) in [6, 6.07) is 27.4. The van der Waals surface area contributed by atoms with Crippen LogP contribution in [0.15, 0.2) is 95.9 Å². The third kappa shape index (κ3) is 3.66. The quantitative estimate of drug-likeness (QED) is 0.325. The molecule has 3 nitrogen and oxygen atoms in total. The zero-order valence-corrected chi connectivity index (χ0v) is 17.8. The molecule has 0 saturated heterocycles. The van der Waals surface area contributed by atoms with Crippen LogP contribution in [0.25, 0.3) is 6.08 Å². The molecule has 0 amide bonds. The molecule has 1 aliphatic rings. The Bertz CT molecular complexity index is 1240. The smallest absolute Gasteiger partial charge is 0.194 e. The minimum atomic E-state index is -0.120. The van der Waals surface area contributed by atoms with E-state index in [-0.39, 0.29) is 11.7 Å². The fourth-order valence-electron chi connectivity index (χ4n) is 4.01. The van der Waals surface area contributed by atoms with Gasteiger partial charge >= 0.3 is 0 Å². The van der Waals surface area contributed by atoms with Crippen molar-refractivity contribution < 1.29 is 14.3 Å². The highest BCUT2D eigenvalue weighted by Gasteiger charge is 2.38. The third-order valence-electron chi connectivity index (χ3n) is 5.43. The van der Waals surface area contributed by atoms with E-state index < -0.39 is 0 Å². The number of fused-ring (bicyclic) bond motifs is 1. The first-order valence-corrected chi connectivity index (χ1v) is 10.9. The van der Waals surface area contributed by atoms with Gasteiger partial charge in [0.15, 0.2) is 5.78 Å². The first-order valence-electron chi connectivity index (χ1n) is 10.0. The summed E-state index contributed by atoms with van der Waals surface area (Å²) in [7, 11) is 1.63. The summed E-state index contributed by atoms with van der Waals surface area (Å²) in [5.74, 6) is 1.88. The number of methoxy groups -OCH3 is 1. The topological polar surface area (TPSA) is 35.5 Å². The molecular formula is C27H20O3S. The molecule has 1 aliphatic carbocycles. The third-order valence-corrected chi connectivity index (χ3v) is 6.25. The molecule has 152 valence electrons. The maximum Gasteiger partial charge on any atom is 0.194 e. The number of rotatable bonds is 5. The van der Waals surface area contributed by atoms with Gasteiger partial charge in [-0.1, -0.05) is 48.5 Å². The van der Waals surface area contributed by atoms with E-state index in [1.165, 1.54) is 0 Å². The van der Waals surface area contributed by atoms with Crippen LogP contribution in [0.5, 0.6) is 17.2 Å². The van der Waals surface area contributed by atoms with Crippen LogP contribution < -0.4 is 9.47 Å². The van der Waals surface area contributed by atoms with Crippen LogP contribution in [0.1, 0.15) is 32.3 Å². The predicted octanol–water partition coefficient (Wildman–Crippen LogP) is 6.96. The van der Waals surface area contributed by atoms with Crippen molar-refractivity contribution in [3.05, 3.63) is 117 Å². The molecular weight excluding hydrogens is 404 g/mol.